The summed E-state index contributed by atoms with van der Waals surface area (Å²) in [6.07, 6.45) is -0.509. The molecule has 0 spiro atoms. The lowest BCUT2D eigenvalue weighted by Gasteiger charge is -2.11. The van der Waals surface area contributed by atoms with Crippen molar-refractivity contribution in [3.8, 4) is 5.75 Å². The van der Waals surface area contributed by atoms with Gasteiger partial charge in [0, 0.05) is 5.69 Å². The number of nitrogens with one attached hydrogen (secondary N) is 1. The lowest BCUT2D eigenvalue weighted by molar-refractivity contribution is -0.115. The van der Waals surface area contributed by atoms with Crippen LogP contribution in [0.3, 0.4) is 0 Å². The average molecular weight is 387 g/mol. The van der Waals surface area contributed by atoms with Crippen molar-refractivity contribution in [2.24, 2.45) is 0 Å². The van der Waals surface area contributed by atoms with Crippen LogP contribution >= 0.6 is 11.8 Å². The third-order valence-electron chi connectivity index (χ3n) is 3.58. The highest BCUT2D eigenvalue weighted by atomic mass is 32.2. The number of thioether (sulfide) groups is 1. The number of nitrogens with zero attached hydrogens (tertiary/aromatic N) is 2. The molecule has 3 aromatic rings. The van der Waals surface area contributed by atoms with Gasteiger partial charge in [-0.1, -0.05) is 30.0 Å². The molecule has 2 aromatic carbocycles. The quantitative estimate of drug-likeness (QED) is 0.603. The van der Waals surface area contributed by atoms with Crippen molar-refractivity contribution in [2.45, 2.75) is 30.4 Å². The minimum absolute atomic E-state index is 0.165. The Morgan fingerprint density at radius 2 is 1.81 bits per heavy atom. The van der Waals surface area contributed by atoms with Crippen molar-refractivity contribution in [1.29, 1.82) is 0 Å². The maximum Gasteiger partial charge on any atom is 0.277 e. The molecule has 2 atom stereocenters. The zero-order chi connectivity index (χ0) is 19.2. The number of para-hydroxylation sites is 1. The van der Waals surface area contributed by atoms with Crippen LogP contribution in [0.5, 0.6) is 5.75 Å². The molecule has 0 bridgehead atoms. The summed E-state index contributed by atoms with van der Waals surface area (Å²) in [7, 11) is 0. The first-order chi connectivity index (χ1) is 13.0. The van der Waals surface area contributed by atoms with Crippen LogP contribution in [0.25, 0.3) is 0 Å². The van der Waals surface area contributed by atoms with E-state index in [1.165, 1.54) is 24.3 Å². The predicted octanol–water partition coefficient (Wildman–Crippen LogP) is 4.47. The second kappa shape index (κ2) is 8.68. The van der Waals surface area contributed by atoms with E-state index in [2.05, 4.69) is 15.5 Å². The molecule has 0 saturated carbocycles. The van der Waals surface area contributed by atoms with E-state index >= 15 is 0 Å². The first-order valence-electron chi connectivity index (χ1n) is 8.29. The molecule has 0 radical (unpaired) electrons. The van der Waals surface area contributed by atoms with Gasteiger partial charge in [0.25, 0.3) is 11.1 Å². The Bertz CT molecular complexity index is 887. The van der Waals surface area contributed by atoms with Crippen LogP contribution < -0.4 is 10.1 Å². The number of benzene rings is 2. The molecule has 0 saturated heterocycles. The molecule has 140 valence electrons. The summed E-state index contributed by atoms with van der Waals surface area (Å²) < 4.78 is 24.2. The van der Waals surface area contributed by atoms with Crippen LogP contribution in [-0.2, 0) is 4.79 Å². The highest BCUT2D eigenvalue weighted by Gasteiger charge is 2.21. The van der Waals surface area contributed by atoms with E-state index in [1.807, 2.05) is 30.3 Å². The number of aromatic nitrogens is 2. The molecular formula is C19H18FN3O3S. The molecular weight excluding hydrogens is 369 g/mol. The van der Waals surface area contributed by atoms with E-state index in [-0.39, 0.29) is 22.8 Å². The third-order valence-corrected chi connectivity index (χ3v) is 4.52. The Morgan fingerprint density at radius 3 is 2.52 bits per heavy atom. The van der Waals surface area contributed by atoms with Gasteiger partial charge in [0.1, 0.15) is 11.6 Å². The Hall–Kier alpha value is -2.87. The van der Waals surface area contributed by atoms with E-state index in [0.29, 0.717) is 5.75 Å². The maximum absolute atomic E-state index is 12.9. The van der Waals surface area contributed by atoms with Gasteiger partial charge in [0.05, 0.1) is 5.25 Å². The lowest BCUT2D eigenvalue weighted by atomic mass is 10.3. The third kappa shape index (κ3) is 5.30. The molecule has 3 rings (SSSR count). The van der Waals surface area contributed by atoms with Gasteiger partial charge in [0.2, 0.25) is 5.91 Å². The standard InChI is InChI=1S/C19H18FN3O3S/c1-12(25-16-10-8-14(20)9-11-16)18-22-23-19(26-18)27-13(2)17(24)21-15-6-4-3-5-7-15/h3-13H,1-2H3,(H,21,24)/t12-,13+/m1/s1. The van der Waals surface area contributed by atoms with E-state index in [9.17, 15) is 9.18 Å². The highest BCUT2D eigenvalue weighted by Crippen LogP contribution is 2.27. The molecule has 1 aromatic heterocycles. The number of carbonyl (C=O) groups is 1. The van der Waals surface area contributed by atoms with Gasteiger partial charge in [-0.05, 0) is 50.2 Å². The second-order valence-electron chi connectivity index (χ2n) is 5.74. The van der Waals surface area contributed by atoms with Crippen molar-refractivity contribution >= 4 is 23.4 Å². The van der Waals surface area contributed by atoms with Gasteiger partial charge < -0.3 is 14.5 Å². The summed E-state index contributed by atoms with van der Waals surface area (Å²) in [5.74, 6) is 0.264. The molecule has 1 amide bonds. The summed E-state index contributed by atoms with van der Waals surface area (Å²) in [5.41, 5.74) is 0.725. The van der Waals surface area contributed by atoms with Crippen LogP contribution in [0, 0.1) is 5.82 Å². The monoisotopic (exact) mass is 387 g/mol. The van der Waals surface area contributed by atoms with Crippen molar-refractivity contribution < 1.29 is 18.3 Å². The number of hydrogen-bond donors (Lipinski definition) is 1. The Morgan fingerprint density at radius 1 is 1.11 bits per heavy atom. The fourth-order valence-electron chi connectivity index (χ4n) is 2.17. The van der Waals surface area contributed by atoms with Crippen LogP contribution in [0.15, 0.2) is 64.2 Å². The van der Waals surface area contributed by atoms with Gasteiger partial charge in [-0.25, -0.2) is 4.39 Å². The van der Waals surface area contributed by atoms with Crippen molar-refractivity contribution in [1.82, 2.24) is 10.2 Å². The largest absolute Gasteiger partial charge is 0.481 e. The Balaban J connectivity index is 1.56. The first kappa shape index (κ1) is 18.9. The summed E-state index contributed by atoms with van der Waals surface area (Å²) in [5, 5.41) is 10.6. The molecule has 8 heteroatoms. The molecule has 0 aliphatic heterocycles. The second-order valence-corrected chi connectivity index (χ2v) is 7.03. The molecule has 0 aliphatic rings. The van der Waals surface area contributed by atoms with Crippen LogP contribution in [-0.4, -0.2) is 21.4 Å². The normalized spacial score (nSPS) is 13.0. The SMILES string of the molecule is C[C@H](Sc1nnc([C@@H](C)Oc2ccc(F)cc2)o1)C(=O)Nc1ccccc1. The summed E-state index contributed by atoms with van der Waals surface area (Å²) in [6, 6.07) is 14.9. The molecule has 1 N–H and O–H groups in total. The summed E-state index contributed by atoms with van der Waals surface area (Å²) in [6.45, 7) is 3.50. The van der Waals surface area contributed by atoms with Crippen molar-refractivity contribution in [3.05, 3.63) is 66.3 Å². The van der Waals surface area contributed by atoms with E-state index < -0.39 is 11.4 Å². The topological polar surface area (TPSA) is 77.2 Å². The van der Waals surface area contributed by atoms with E-state index in [4.69, 9.17) is 9.15 Å². The zero-order valence-electron chi connectivity index (χ0n) is 14.8. The van der Waals surface area contributed by atoms with Crippen LogP contribution in [0.1, 0.15) is 25.8 Å². The fourth-order valence-corrected chi connectivity index (χ4v) is 2.86. The maximum atomic E-state index is 12.9. The van der Waals surface area contributed by atoms with E-state index in [1.54, 1.807) is 13.8 Å². The van der Waals surface area contributed by atoms with Gasteiger partial charge >= 0.3 is 0 Å². The highest BCUT2D eigenvalue weighted by molar-refractivity contribution is 8.00. The number of rotatable bonds is 7. The number of halogens is 1. The predicted molar refractivity (Wildman–Crippen MR) is 100 cm³/mol. The number of anilines is 1. The minimum atomic E-state index is -0.509. The lowest BCUT2D eigenvalue weighted by Crippen LogP contribution is -2.22. The molecule has 0 aliphatic carbocycles. The van der Waals surface area contributed by atoms with Gasteiger partial charge in [-0.3, -0.25) is 4.79 Å². The molecule has 1 heterocycles. The minimum Gasteiger partial charge on any atom is -0.481 e. The molecule has 27 heavy (non-hydrogen) atoms. The van der Waals surface area contributed by atoms with Crippen molar-refractivity contribution in [3.63, 3.8) is 0 Å². The average Bonchev–Trinajstić information content (AvgIpc) is 3.13. The Labute approximate surface area is 160 Å². The van der Waals surface area contributed by atoms with E-state index in [0.717, 1.165) is 17.4 Å². The molecule has 0 fully saturated rings. The smallest absolute Gasteiger partial charge is 0.277 e. The first-order valence-corrected chi connectivity index (χ1v) is 9.17. The van der Waals surface area contributed by atoms with Gasteiger partial charge in [-0.15, -0.1) is 10.2 Å². The van der Waals surface area contributed by atoms with Crippen LogP contribution in [0.4, 0.5) is 10.1 Å². The summed E-state index contributed by atoms with van der Waals surface area (Å²) >= 11 is 1.16. The number of hydrogen-bond acceptors (Lipinski definition) is 6. The number of carbonyl (C=O) groups excluding carboxylic acids is 1. The van der Waals surface area contributed by atoms with Crippen molar-refractivity contribution in [2.75, 3.05) is 5.32 Å². The summed E-state index contributed by atoms with van der Waals surface area (Å²) in [4.78, 5) is 12.2. The molecule has 6 nitrogen and oxygen atoms in total. The fraction of sp³-hybridized carbons (Fsp3) is 0.211. The molecule has 0 unspecified atom stereocenters. The Kier molecular flexibility index (Phi) is 6.08. The zero-order valence-corrected chi connectivity index (χ0v) is 15.6. The van der Waals surface area contributed by atoms with Gasteiger partial charge in [0.15, 0.2) is 6.10 Å². The van der Waals surface area contributed by atoms with Gasteiger partial charge in [-0.2, -0.15) is 0 Å². The number of amides is 1. The number of ether oxygens (including phenoxy) is 1. The van der Waals surface area contributed by atoms with Crippen LogP contribution in [0.2, 0.25) is 0 Å².